The van der Waals surface area contributed by atoms with Gasteiger partial charge in [0.25, 0.3) is 5.91 Å². The molecular weight excluding hydrogens is 214 g/mol. The van der Waals surface area contributed by atoms with Gasteiger partial charge in [-0.1, -0.05) is 48.6 Å². The van der Waals surface area contributed by atoms with Crippen molar-refractivity contribution < 1.29 is 9.90 Å². The van der Waals surface area contributed by atoms with Crippen LogP contribution in [0.25, 0.3) is 0 Å². The van der Waals surface area contributed by atoms with Crippen molar-refractivity contribution in [3.8, 4) is 0 Å². The summed E-state index contributed by atoms with van der Waals surface area (Å²) >= 11 is 0. The molecule has 17 heavy (non-hydrogen) atoms. The van der Waals surface area contributed by atoms with Crippen LogP contribution in [0.3, 0.4) is 0 Å². The van der Waals surface area contributed by atoms with Crippen LogP contribution in [0.15, 0.2) is 54.1 Å². The molecule has 0 spiro atoms. The standard InChI is InChI=1S/C14H17NO2/c1-3-8-11(4-2)14(17,13(15)16)12-9-6-5-7-10-12/h3-10,17H,1-2H3,(H2,15,16)/b8-3-,11-4+. The van der Waals surface area contributed by atoms with Gasteiger partial charge in [-0.05, 0) is 25.0 Å². The van der Waals surface area contributed by atoms with Crippen molar-refractivity contribution in [2.45, 2.75) is 19.4 Å². The topological polar surface area (TPSA) is 63.3 Å². The maximum atomic E-state index is 11.6. The summed E-state index contributed by atoms with van der Waals surface area (Å²) in [5, 5.41) is 10.6. The molecule has 3 heteroatoms. The molecule has 0 fully saturated rings. The van der Waals surface area contributed by atoms with Gasteiger partial charge in [-0.25, -0.2) is 0 Å². The predicted molar refractivity (Wildman–Crippen MR) is 68.1 cm³/mol. The third-order valence-electron chi connectivity index (χ3n) is 2.62. The highest BCUT2D eigenvalue weighted by atomic mass is 16.3. The Hall–Kier alpha value is -1.87. The number of carbonyl (C=O) groups excluding carboxylic acids is 1. The first-order valence-electron chi connectivity index (χ1n) is 5.44. The summed E-state index contributed by atoms with van der Waals surface area (Å²) < 4.78 is 0. The molecule has 0 aliphatic carbocycles. The highest BCUT2D eigenvalue weighted by Crippen LogP contribution is 2.30. The Morgan fingerprint density at radius 1 is 1.29 bits per heavy atom. The van der Waals surface area contributed by atoms with Crippen LogP contribution in [-0.2, 0) is 10.4 Å². The number of hydrogen-bond donors (Lipinski definition) is 2. The summed E-state index contributed by atoms with van der Waals surface area (Å²) in [6.45, 7) is 3.57. The van der Waals surface area contributed by atoms with Gasteiger partial charge in [0, 0.05) is 0 Å². The fourth-order valence-corrected chi connectivity index (χ4v) is 1.74. The summed E-state index contributed by atoms with van der Waals surface area (Å²) in [5.74, 6) is -0.782. The monoisotopic (exact) mass is 231 g/mol. The SMILES string of the molecule is C/C=C\C(=C/C)C(O)(C(N)=O)c1ccccc1. The van der Waals surface area contributed by atoms with E-state index in [0.717, 1.165) is 0 Å². The van der Waals surface area contributed by atoms with E-state index in [1.165, 1.54) is 0 Å². The Labute approximate surface area is 101 Å². The first kappa shape index (κ1) is 13.2. The number of nitrogens with two attached hydrogens (primary N) is 1. The molecule has 3 N–H and O–H groups in total. The predicted octanol–water partition coefficient (Wildman–Crippen LogP) is 1.88. The smallest absolute Gasteiger partial charge is 0.258 e. The molecule has 1 aromatic rings. The summed E-state index contributed by atoms with van der Waals surface area (Å²) in [5.41, 5.74) is 4.51. The second-order valence-electron chi connectivity index (χ2n) is 3.68. The molecule has 0 bridgehead atoms. The number of aliphatic hydroxyl groups is 1. The fraction of sp³-hybridized carbons (Fsp3) is 0.214. The average molecular weight is 231 g/mol. The molecule has 0 saturated heterocycles. The molecule has 90 valence electrons. The zero-order valence-corrected chi connectivity index (χ0v) is 10.1. The molecule has 0 radical (unpaired) electrons. The van der Waals surface area contributed by atoms with Gasteiger partial charge in [-0.15, -0.1) is 0 Å². The van der Waals surface area contributed by atoms with Crippen LogP contribution in [0.1, 0.15) is 19.4 Å². The minimum atomic E-state index is -1.78. The van der Waals surface area contributed by atoms with Crippen molar-refractivity contribution in [1.29, 1.82) is 0 Å². The molecule has 0 aliphatic heterocycles. The zero-order valence-electron chi connectivity index (χ0n) is 10.1. The van der Waals surface area contributed by atoms with Crippen molar-refractivity contribution in [2.24, 2.45) is 5.73 Å². The van der Waals surface area contributed by atoms with Crippen LogP contribution in [0.4, 0.5) is 0 Å². The normalized spacial score (nSPS) is 15.8. The Kier molecular flexibility index (Phi) is 4.24. The molecule has 0 aliphatic rings. The first-order valence-corrected chi connectivity index (χ1v) is 5.44. The number of primary amides is 1. The third kappa shape index (κ3) is 2.45. The fourth-order valence-electron chi connectivity index (χ4n) is 1.74. The number of carbonyl (C=O) groups is 1. The van der Waals surface area contributed by atoms with Gasteiger partial charge < -0.3 is 10.8 Å². The molecule has 1 rings (SSSR count). The molecule has 1 atom stereocenters. The van der Waals surface area contributed by atoms with E-state index >= 15 is 0 Å². The number of rotatable bonds is 4. The zero-order chi connectivity index (χ0) is 12.9. The van der Waals surface area contributed by atoms with E-state index in [1.54, 1.807) is 49.4 Å². The largest absolute Gasteiger partial charge is 0.372 e. The second kappa shape index (κ2) is 5.46. The first-order chi connectivity index (χ1) is 8.07. The summed E-state index contributed by atoms with van der Waals surface area (Å²) in [6.07, 6.45) is 5.11. The van der Waals surface area contributed by atoms with E-state index in [0.29, 0.717) is 11.1 Å². The van der Waals surface area contributed by atoms with Gasteiger partial charge in [0.1, 0.15) is 0 Å². The van der Waals surface area contributed by atoms with Gasteiger partial charge in [0.05, 0.1) is 0 Å². The highest BCUT2D eigenvalue weighted by molar-refractivity contribution is 5.89. The van der Waals surface area contributed by atoms with Gasteiger partial charge >= 0.3 is 0 Å². The van der Waals surface area contributed by atoms with E-state index in [4.69, 9.17) is 5.73 Å². The minimum absolute atomic E-state index is 0.471. The summed E-state index contributed by atoms with van der Waals surface area (Å²) in [7, 11) is 0. The quantitative estimate of drug-likeness (QED) is 0.777. The lowest BCUT2D eigenvalue weighted by Crippen LogP contribution is -2.42. The molecule has 3 nitrogen and oxygen atoms in total. The molecule has 0 aromatic heterocycles. The number of allylic oxidation sites excluding steroid dienone is 2. The van der Waals surface area contributed by atoms with Crippen LogP contribution < -0.4 is 5.73 Å². The van der Waals surface area contributed by atoms with E-state index in [2.05, 4.69) is 0 Å². The van der Waals surface area contributed by atoms with Crippen molar-refractivity contribution >= 4 is 5.91 Å². The second-order valence-corrected chi connectivity index (χ2v) is 3.68. The lowest BCUT2D eigenvalue weighted by molar-refractivity contribution is -0.133. The number of amides is 1. The van der Waals surface area contributed by atoms with Crippen LogP contribution in [0, 0.1) is 0 Å². The average Bonchev–Trinajstić information content (AvgIpc) is 2.35. The van der Waals surface area contributed by atoms with Gasteiger partial charge in [-0.2, -0.15) is 0 Å². The Bertz CT molecular complexity index is 449. The van der Waals surface area contributed by atoms with E-state index in [-0.39, 0.29) is 0 Å². The molecule has 1 aromatic carbocycles. The van der Waals surface area contributed by atoms with Crippen LogP contribution in [-0.4, -0.2) is 11.0 Å². The molecule has 0 heterocycles. The number of hydrogen-bond acceptors (Lipinski definition) is 2. The third-order valence-corrected chi connectivity index (χ3v) is 2.62. The van der Waals surface area contributed by atoms with Crippen LogP contribution in [0.2, 0.25) is 0 Å². The Morgan fingerprint density at radius 2 is 1.88 bits per heavy atom. The van der Waals surface area contributed by atoms with Crippen molar-refractivity contribution in [3.05, 3.63) is 59.7 Å². The van der Waals surface area contributed by atoms with Gasteiger partial charge in [0.15, 0.2) is 5.60 Å². The minimum Gasteiger partial charge on any atom is -0.372 e. The Morgan fingerprint density at radius 3 is 2.29 bits per heavy atom. The lowest BCUT2D eigenvalue weighted by atomic mass is 9.85. The summed E-state index contributed by atoms with van der Waals surface area (Å²) in [4.78, 5) is 11.6. The van der Waals surface area contributed by atoms with Crippen molar-refractivity contribution in [3.63, 3.8) is 0 Å². The maximum Gasteiger partial charge on any atom is 0.258 e. The number of benzene rings is 1. The van der Waals surface area contributed by atoms with Gasteiger partial charge in [-0.3, -0.25) is 4.79 Å². The molecular formula is C14H17NO2. The lowest BCUT2D eigenvalue weighted by Gasteiger charge is -2.26. The van der Waals surface area contributed by atoms with Gasteiger partial charge in [0.2, 0.25) is 0 Å². The molecule has 0 saturated carbocycles. The molecule has 1 amide bonds. The molecule has 1 unspecified atom stereocenters. The highest BCUT2D eigenvalue weighted by Gasteiger charge is 2.38. The van der Waals surface area contributed by atoms with Crippen LogP contribution in [0.5, 0.6) is 0 Å². The van der Waals surface area contributed by atoms with Crippen molar-refractivity contribution in [2.75, 3.05) is 0 Å². The van der Waals surface area contributed by atoms with Crippen LogP contribution >= 0.6 is 0 Å². The van der Waals surface area contributed by atoms with E-state index in [9.17, 15) is 9.90 Å². The van der Waals surface area contributed by atoms with Crippen molar-refractivity contribution in [1.82, 2.24) is 0 Å². The maximum absolute atomic E-state index is 11.6. The summed E-state index contributed by atoms with van der Waals surface area (Å²) in [6, 6.07) is 8.68. The van der Waals surface area contributed by atoms with E-state index < -0.39 is 11.5 Å². The van der Waals surface area contributed by atoms with E-state index in [1.807, 2.05) is 13.0 Å². The Balaban J connectivity index is 3.38.